The van der Waals surface area contributed by atoms with E-state index in [9.17, 15) is 0 Å². The van der Waals surface area contributed by atoms with E-state index in [1.807, 2.05) is 6.92 Å². The van der Waals surface area contributed by atoms with Crippen LogP contribution in [0.3, 0.4) is 0 Å². The number of nitrogens with two attached hydrogens (primary N) is 3. The molecule has 1 aliphatic rings. The Morgan fingerprint density at radius 2 is 2.18 bits per heavy atom. The Hall–Kier alpha value is -0.200. The van der Waals surface area contributed by atoms with Crippen molar-refractivity contribution in [2.24, 2.45) is 17.4 Å². The average Bonchev–Trinajstić information content (AvgIpc) is 1.95. The zero-order valence-corrected chi connectivity index (χ0v) is 7.01. The highest BCUT2D eigenvalue weighted by atomic mass is 15.8. The summed E-state index contributed by atoms with van der Waals surface area (Å²) >= 11 is 0. The van der Waals surface area contributed by atoms with E-state index in [-0.39, 0.29) is 4.70 Å². The smallest absolute Gasteiger partial charge is 0.198 e. The summed E-state index contributed by atoms with van der Waals surface area (Å²) in [5.41, 5.74) is 5.49. The Morgan fingerprint density at radius 1 is 1.55 bits per heavy atom. The summed E-state index contributed by atoms with van der Waals surface area (Å²) in [4.78, 5) is 0. The molecule has 0 spiro atoms. The first kappa shape index (κ1) is 8.89. The molecule has 5 nitrogen and oxygen atoms in total. The molecule has 1 rings (SSSR count). The number of hydrogen-bond donors (Lipinski definition) is 4. The monoisotopic (exact) mass is 160 g/mol. The number of rotatable bonds is 1. The number of nitrogens with one attached hydrogen (secondary N) is 1. The molecular formula is C6H18N5+. The summed E-state index contributed by atoms with van der Waals surface area (Å²) in [6, 6.07) is 0. The van der Waals surface area contributed by atoms with E-state index in [0.717, 1.165) is 13.0 Å². The third-order valence-corrected chi connectivity index (χ3v) is 2.53. The topological polar surface area (TPSA) is 90.1 Å². The van der Waals surface area contributed by atoms with Crippen LogP contribution in [0.2, 0.25) is 0 Å². The average molecular weight is 160 g/mol. The minimum Gasteiger partial charge on any atom is -0.304 e. The zero-order valence-electron chi connectivity index (χ0n) is 7.01. The largest absolute Gasteiger partial charge is 0.304 e. The van der Waals surface area contributed by atoms with E-state index in [4.69, 9.17) is 17.4 Å². The molecule has 5 heteroatoms. The standard InChI is InChI=1S/C6H18N5/c1-2-6(7)5-10-3-4-11(6,8)9/h10H,2-5,7-9H2,1H3/q+1. The Kier molecular flexibility index (Phi) is 2.17. The van der Waals surface area contributed by atoms with Crippen molar-refractivity contribution >= 4 is 0 Å². The third kappa shape index (κ3) is 1.38. The van der Waals surface area contributed by atoms with Gasteiger partial charge in [0.05, 0.1) is 6.54 Å². The fraction of sp³-hybridized carbons (Fsp3) is 1.00. The van der Waals surface area contributed by atoms with Crippen LogP contribution in [0.5, 0.6) is 0 Å². The lowest BCUT2D eigenvalue weighted by Gasteiger charge is -2.45. The van der Waals surface area contributed by atoms with Gasteiger partial charge in [-0.15, -0.1) is 0 Å². The summed E-state index contributed by atoms with van der Waals surface area (Å²) in [5, 5.41) is 3.18. The lowest BCUT2D eigenvalue weighted by Crippen LogP contribution is -2.83. The first-order chi connectivity index (χ1) is 5.02. The van der Waals surface area contributed by atoms with E-state index in [0.29, 0.717) is 13.1 Å². The number of hydrogen-bond acceptors (Lipinski definition) is 4. The molecule has 0 aliphatic carbocycles. The van der Waals surface area contributed by atoms with Gasteiger partial charge in [-0.25, -0.2) is 0 Å². The summed E-state index contributed by atoms with van der Waals surface area (Å²) in [5.74, 6) is 11.6. The first-order valence-corrected chi connectivity index (χ1v) is 3.97. The Labute approximate surface area is 67.0 Å². The molecule has 1 saturated heterocycles. The fourth-order valence-electron chi connectivity index (χ4n) is 1.36. The molecule has 0 aromatic carbocycles. The van der Waals surface area contributed by atoms with Crippen LogP contribution in [0, 0.1) is 0 Å². The van der Waals surface area contributed by atoms with Crippen LogP contribution in [-0.2, 0) is 0 Å². The van der Waals surface area contributed by atoms with Gasteiger partial charge in [0.15, 0.2) is 5.66 Å². The van der Waals surface area contributed by atoms with Gasteiger partial charge < -0.3 is 5.32 Å². The van der Waals surface area contributed by atoms with Gasteiger partial charge in [0.1, 0.15) is 6.54 Å². The summed E-state index contributed by atoms with van der Waals surface area (Å²) in [6.45, 7) is 4.21. The second kappa shape index (κ2) is 2.69. The highest BCUT2D eigenvalue weighted by Gasteiger charge is 2.45. The number of piperazine rings is 1. The Morgan fingerprint density at radius 3 is 2.55 bits per heavy atom. The SMILES string of the molecule is CCC1(N)CNCC[N+]1(N)N. The van der Waals surface area contributed by atoms with Crippen molar-refractivity contribution in [2.75, 3.05) is 19.6 Å². The summed E-state index contributed by atoms with van der Waals surface area (Å²) in [7, 11) is 0. The minimum atomic E-state index is -0.502. The minimum absolute atomic E-state index is 0.0590. The first-order valence-electron chi connectivity index (χ1n) is 3.97. The van der Waals surface area contributed by atoms with Crippen LogP contribution >= 0.6 is 0 Å². The molecule has 0 aromatic heterocycles. The van der Waals surface area contributed by atoms with Crippen LogP contribution in [0.4, 0.5) is 0 Å². The van der Waals surface area contributed by atoms with Crippen LogP contribution in [0.1, 0.15) is 13.3 Å². The van der Waals surface area contributed by atoms with Crippen molar-refractivity contribution < 1.29 is 4.70 Å². The van der Waals surface area contributed by atoms with Gasteiger partial charge in [0, 0.05) is 13.0 Å². The summed E-state index contributed by atoms with van der Waals surface area (Å²) < 4.78 is -0.0590. The number of nitrogens with zero attached hydrogens (tertiary/aromatic N) is 1. The van der Waals surface area contributed by atoms with Gasteiger partial charge in [0.25, 0.3) is 0 Å². The molecule has 66 valence electrons. The Bertz CT molecular complexity index is 146. The molecule has 0 saturated carbocycles. The molecule has 0 aromatic rings. The van der Waals surface area contributed by atoms with Crippen molar-refractivity contribution in [3.8, 4) is 0 Å². The van der Waals surface area contributed by atoms with E-state index < -0.39 is 5.66 Å². The van der Waals surface area contributed by atoms with E-state index in [1.165, 1.54) is 0 Å². The second-order valence-electron chi connectivity index (χ2n) is 3.29. The fourth-order valence-corrected chi connectivity index (χ4v) is 1.36. The van der Waals surface area contributed by atoms with Gasteiger partial charge in [-0.2, -0.15) is 16.4 Å². The third-order valence-electron chi connectivity index (χ3n) is 2.53. The molecular weight excluding hydrogens is 142 g/mol. The molecule has 1 fully saturated rings. The van der Waals surface area contributed by atoms with Crippen LogP contribution < -0.4 is 22.7 Å². The highest BCUT2D eigenvalue weighted by Crippen LogP contribution is 2.15. The molecule has 11 heavy (non-hydrogen) atoms. The van der Waals surface area contributed by atoms with E-state index in [1.54, 1.807) is 0 Å². The normalized spacial score (nSPS) is 37.1. The van der Waals surface area contributed by atoms with Crippen molar-refractivity contribution in [3.63, 3.8) is 0 Å². The predicted octanol–water partition coefficient (Wildman–Crippen LogP) is -1.78. The van der Waals surface area contributed by atoms with Crippen LogP contribution in [0.25, 0.3) is 0 Å². The van der Waals surface area contributed by atoms with Gasteiger partial charge in [-0.1, -0.05) is 6.92 Å². The molecule has 1 unspecified atom stereocenters. The van der Waals surface area contributed by atoms with Crippen LogP contribution in [-0.4, -0.2) is 30.0 Å². The highest BCUT2D eigenvalue weighted by molar-refractivity contribution is 4.77. The predicted molar refractivity (Wildman–Crippen MR) is 43.6 cm³/mol. The van der Waals surface area contributed by atoms with Crippen molar-refractivity contribution in [1.29, 1.82) is 0 Å². The summed E-state index contributed by atoms with van der Waals surface area (Å²) in [6.07, 6.45) is 0.785. The maximum absolute atomic E-state index is 6.00. The Balaban J connectivity index is 2.74. The molecule has 1 aliphatic heterocycles. The van der Waals surface area contributed by atoms with Gasteiger partial charge in [0.2, 0.25) is 0 Å². The van der Waals surface area contributed by atoms with E-state index in [2.05, 4.69) is 5.32 Å². The van der Waals surface area contributed by atoms with Crippen molar-refractivity contribution in [3.05, 3.63) is 0 Å². The maximum Gasteiger partial charge on any atom is 0.198 e. The molecule has 1 atom stereocenters. The second-order valence-corrected chi connectivity index (χ2v) is 3.29. The molecule has 0 bridgehead atoms. The molecule has 0 amide bonds. The van der Waals surface area contributed by atoms with Crippen molar-refractivity contribution in [2.45, 2.75) is 19.0 Å². The number of quaternary nitrogens is 1. The molecule has 0 radical (unpaired) electrons. The molecule has 1 heterocycles. The molecule has 7 N–H and O–H groups in total. The lowest BCUT2D eigenvalue weighted by atomic mass is 10.1. The quantitative estimate of drug-likeness (QED) is 0.270. The lowest BCUT2D eigenvalue weighted by molar-refractivity contribution is -1.00. The maximum atomic E-state index is 6.00. The van der Waals surface area contributed by atoms with Gasteiger partial charge in [-0.05, 0) is 0 Å². The van der Waals surface area contributed by atoms with Crippen molar-refractivity contribution in [1.82, 2.24) is 5.32 Å². The zero-order chi connectivity index (χ0) is 8.54. The van der Waals surface area contributed by atoms with E-state index >= 15 is 0 Å². The van der Waals surface area contributed by atoms with Crippen LogP contribution in [0.15, 0.2) is 0 Å². The van der Waals surface area contributed by atoms with Gasteiger partial charge >= 0.3 is 0 Å². The van der Waals surface area contributed by atoms with Gasteiger partial charge in [-0.3, -0.25) is 5.73 Å².